The summed E-state index contributed by atoms with van der Waals surface area (Å²) < 4.78 is 11.2. The lowest BCUT2D eigenvalue weighted by Gasteiger charge is -2.19. The van der Waals surface area contributed by atoms with Crippen LogP contribution in [0.1, 0.15) is 52.9 Å². The predicted molar refractivity (Wildman–Crippen MR) is 184 cm³/mol. The van der Waals surface area contributed by atoms with Crippen molar-refractivity contribution in [2.45, 2.75) is 5.92 Å². The molecule has 0 saturated heterocycles. The third kappa shape index (κ3) is 7.99. The number of ketones is 2. The van der Waals surface area contributed by atoms with E-state index in [1.54, 1.807) is 30.3 Å². The molecule has 1 unspecified atom stereocenters. The Morgan fingerprint density at radius 3 is 1.43 bits per heavy atom. The predicted octanol–water partition coefficient (Wildman–Crippen LogP) is 10.9. The molecule has 0 N–H and O–H groups in total. The molecule has 6 nitrogen and oxygen atoms in total. The highest BCUT2D eigenvalue weighted by Crippen LogP contribution is 2.35. The highest BCUT2D eigenvalue weighted by molar-refractivity contribution is 6.38. The molecule has 0 bridgehead atoms. The second-order valence-corrected chi connectivity index (χ2v) is 12.4. The van der Waals surface area contributed by atoms with Crippen molar-refractivity contribution in [2.75, 3.05) is 0 Å². The normalized spacial score (nSPS) is 11.4. The molecule has 0 aliphatic heterocycles. The van der Waals surface area contributed by atoms with Gasteiger partial charge in [-0.25, -0.2) is 9.59 Å². The molecule has 0 aliphatic rings. The van der Waals surface area contributed by atoms with Gasteiger partial charge in [-0.15, -0.1) is 0 Å². The summed E-state index contributed by atoms with van der Waals surface area (Å²) in [6.45, 7) is 0. The zero-order valence-electron chi connectivity index (χ0n) is 23.6. The van der Waals surface area contributed by atoms with E-state index in [4.69, 9.17) is 79.1 Å². The number of benzene rings is 5. The first-order chi connectivity index (χ1) is 22.4. The highest BCUT2D eigenvalue weighted by atomic mass is 35.5. The molecule has 0 fully saturated rings. The smallest absolute Gasteiger partial charge is 0.345 e. The lowest BCUT2D eigenvalue weighted by molar-refractivity contribution is 0.0732. The number of ether oxygens (including phenoxy) is 2. The first kappa shape index (κ1) is 34.5. The van der Waals surface area contributed by atoms with Crippen molar-refractivity contribution in [3.63, 3.8) is 0 Å². The number of halogens is 6. The minimum Gasteiger partial charge on any atom is -0.423 e. The lowest BCUT2D eigenvalue weighted by Crippen LogP contribution is -2.24. The summed E-state index contributed by atoms with van der Waals surface area (Å²) in [5.74, 6) is -5.02. The molecule has 47 heavy (non-hydrogen) atoms. The topological polar surface area (TPSA) is 86.7 Å². The Bertz CT molecular complexity index is 2050. The first-order valence-corrected chi connectivity index (χ1v) is 15.8. The Kier molecular flexibility index (Phi) is 10.9. The average Bonchev–Trinajstić information content (AvgIpc) is 3.01. The van der Waals surface area contributed by atoms with Gasteiger partial charge in [-0.2, -0.15) is 0 Å². The van der Waals surface area contributed by atoms with Crippen LogP contribution in [0.15, 0.2) is 103 Å². The van der Waals surface area contributed by atoms with Crippen molar-refractivity contribution in [3.05, 3.63) is 161 Å². The number of carbonyl (C=O) groups is 4. The molecule has 236 valence electrons. The number of Topliss-reactive ketones (excluding diaryl/α,β-unsaturated/α-hetero) is 2. The fraction of sp³-hybridized carbons (Fsp3) is 0.0286. The SMILES string of the molecule is O=C(Oc1ccc(C(=O)C(C(=O)c2ccc(Cl)cc2Cl)c2ccccc2)c(OC(=O)c2ccc(Cl)cc2Cl)c1)c1ccc(Cl)cc1Cl. The fourth-order valence-corrected chi connectivity index (χ4v) is 6.02. The van der Waals surface area contributed by atoms with E-state index >= 15 is 0 Å². The largest absolute Gasteiger partial charge is 0.423 e. The van der Waals surface area contributed by atoms with Gasteiger partial charge in [0.25, 0.3) is 0 Å². The molecule has 0 aliphatic carbocycles. The highest BCUT2D eigenvalue weighted by Gasteiger charge is 2.34. The van der Waals surface area contributed by atoms with Gasteiger partial charge in [0, 0.05) is 26.7 Å². The van der Waals surface area contributed by atoms with Crippen LogP contribution in [0, 0.1) is 0 Å². The van der Waals surface area contributed by atoms with Crippen LogP contribution < -0.4 is 9.47 Å². The van der Waals surface area contributed by atoms with Crippen LogP contribution in [0.3, 0.4) is 0 Å². The summed E-state index contributed by atoms with van der Waals surface area (Å²) in [5.41, 5.74) is 0.167. The Labute approximate surface area is 298 Å². The van der Waals surface area contributed by atoms with Gasteiger partial charge in [0.15, 0.2) is 11.6 Å². The summed E-state index contributed by atoms with van der Waals surface area (Å²) in [7, 11) is 0. The van der Waals surface area contributed by atoms with Crippen LogP contribution in [0.4, 0.5) is 0 Å². The van der Waals surface area contributed by atoms with Crippen molar-refractivity contribution in [1.29, 1.82) is 0 Å². The van der Waals surface area contributed by atoms with Crippen LogP contribution >= 0.6 is 69.6 Å². The molecule has 5 rings (SSSR count). The second kappa shape index (κ2) is 14.9. The van der Waals surface area contributed by atoms with Gasteiger partial charge in [0.1, 0.15) is 17.4 Å². The van der Waals surface area contributed by atoms with E-state index in [0.29, 0.717) is 15.6 Å². The number of hydrogen-bond donors (Lipinski definition) is 0. The quantitative estimate of drug-likeness (QED) is 0.0646. The summed E-state index contributed by atoms with van der Waals surface area (Å²) in [5, 5.41) is 0.972. The van der Waals surface area contributed by atoms with E-state index in [1.807, 2.05) is 0 Å². The molecule has 1 atom stereocenters. The third-order valence-corrected chi connectivity index (χ3v) is 8.43. The van der Waals surface area contributed by atoms with E-state index in [1.165, 1.54) is 72.8 Å². The maximum Gasteiger partial charge on any atom is 0.345 e. The van der Waals surface area contributed by atoms with Gasteiger partial charge in [0.2, 0.25) is 0 Å². The standard InChI is InChI=1S/C35H18Cl6O6/c36-19-6-10-23(27(39)14-19)32(42)31(18-4-2-1-3-5-18)33(43)26-13-9-22(46-34(44)24-11-7-20(37)15-28(24)40)17-30(26)47-35(45)25-12-8-21(38)16-29(25)41/h1-17,31H. The zero-order valence-corrected chi connectivity index (χ0v) is 28.1. The molecule has 0 amide bonds. The first-order valence-electron chi connectivity index (χ1n) is 13.5. The van der Waals surface area contributed by atoms with Gasteiger partial charge < -0.3 is 9.47 Å². The van der Waals surface area contributed by atoms with Gasteiger partial charge in [-0.1, -0.05) is 99.9 Å². The van der Waals surface area contributed by atoms with E-state index in [9.17, 15) is 19.2 Å². The number of carbonyl (C=O) groups excluding carboxylic acids is 4. The average molecular weight is 747 g/mol. The number of hydrogen-bond acceptors (Lipinski definition) is 6. The van der Waals surface area contributed by atoms with Crippen molar-refractivity contribution >= 4 is 93.1 Å². The van der Waals surface area contributed by atoms with Crippen LogP contribution in [0.5, 0.6) is 11.5 Å². The molecule has 12 heteroatoms. The molecular formula is C35H18Cl6O6. The maximum absolute atomic E-state index is 14.4. The van der Waals surface area contributed by atoms with Crippen LogP contribution in [0.25, 0.3) is 0 Å². The summed E-state index contributed by atoms with van der Waals surface area (Å²) in [4.78, 5) is 54.6. The van der Waals surface area contributed by atoms with Gasteiger partial charge >= 0.3 is 11.9 Å². The Morgan fingerprint density at radius 2 is 0.915 bits per heavy atom. The molecule has 0 heterocycles. The van der Waals surface area contributed by atoms with Crippen LogP contribution in [0.2, 0.25) is 30.1 Å². The third-order valence-electron chi connectivity index (χ3n) is 6.79. The van der Waals surface area contributed by atoms with E-state index in [-0.39, 0.29) is 53.8 Å². The van der Waals surface area contributed by atoms with Crippen molar-refractivity contribution in [2.24, 2.45) is 0 Å². The monoisotopic (exact) mass is 744 g/mol. The minimum absolute atomic E-state index is 0.00920. The van der Waals surface area contributed by atoms with Crippen LogP contribution in [-0.4, -0.2) is 23.5 Å². The maximum atomic E-state index is 14.4. The molecule has 5 aromatic carbocycles. The van der Waals surface area contributed by atoms with Crippen molar-refractivity contribution < 1.29 is 28.7 Å². The Balaban J connectivity index is 1.59. The minimum atomic E-state index is -1.42. The molecule has 0 saturated carbocycles. The van der Waals surface area contributed by atoms with Crippen LogP contribution in [-0.2, 0) is 0 Å². The molecule has 5 aromatic rings. The lowest BCUT2D eigenvalue weighted by atomic mass is 9.84. The molecule has 0 spiro atoms. The van der Waals surface area contributed by atoms with E-state index in [2.05, 4.69) is 0 Å². The van der Waals surface area contributed by atoms with Gasteiger partial charge in [0.05, 0.1) is 31.8 Å². The fourth-order valence-electron chi connectivity index (χ4n) is 4.55. The number of esters is 2. The summed E-state index contributed by atoms with van der Waals surface area (Å²) in [6.07, 6.45) is 0. The van der Waals surface area contributed by atoms with E-state index < -0.39 is 29.4 Å². The van der Waals surface area contributed by atoms with Gasteiger partial charge in [-0.05, 0) is 72.3 Å². The Morgan fingerprint density at radius 1 is 0.468 bits per heavy atom. The zero-order chi connectivity index (χ0) is 33.8. The molecular weight excluding hydrogens is 729 g/mol. The Hall–Kier alpha value is -3.88. The molecule has 0 radical (unpaired) electrons. The van der Waals surface area contributed by atoms with Gasteiger partial charge in [-0.3, -0.25) is 9.59 Å². The van der Waals surface area contributed by atoms with Crippen molar-refractivity contribution in [1.82, 2.24) is 0 Å². The summed E-state index contributed by atoms with van der Waals surface area (Å²) in [6, 6.07) is 24.7. The van der Waals surface area contributed by atoms with Crippen molar-refractivity contribution in [3.8, 4) is 11.5 Å². The number of rotatable bonds is 9. The molecule has 0 aromatic heterocycles. The summed E-state index contributed by atoms with van der Waals surface area (Å²) >= 11 is 36.8. The van der Waals surface area contributed by atoms with E-state index in [0.717, 1.165) is 0 Å². The second-order valence-electron chi connectivity index (χ2n) is 9.88.